The van der Waals surface area contributed by atoms with E-state index in [1.807, 2.05) is 6.92 Å². The molecule has 39 heavy (non-hydrogen) atoms. The standard InChI is InChI=1S/C30H42O9/c1-16-13-22(38-24(33)17(16)2)26(5,34)30(36)12-11-28(35)20-14-23-29(39-23)9-6-7-21(32)25(29,4)19(20)8-10-27(28,30)15-37-18(3)31/h19-20,22-23,34-36H,6-15H2,1-5H3/t19-,20?,22?,23+,25-,26-,27+,28+,29+,30+/m0/s1. The summed E-state index contributed by atoms with van der Waals surface area (Å²) in [4.78, 5) is 38.2. The summed E-state index contributed by atoms with van der Waals surface area (Å²) in [6.07, 6.45) is 2.65. The average Bonchev–Trinajstić information content (AvgIpc) is 3.52. The summed E-state index contributed by atoms with van der Waals surface area (Å²) in [5.74, 6) is -1.47. The van der Waals surface area contributed by atoms with Crippen LogP contribution in [0, 0.1) is 22.7 Å². The SMILES string of the molecule is CC(=O)OC[C@]12CC[C@H]3C(C[C@H]4O[C@]45CCCC(=O)[C@]35C)[C@]1(O)CC[C@@]2(O)[C@@](C)(O)C1CC(C)=C(C)C(=O)O1. The smallest absolute Gasteiger partial charge is 0.334 e. The second kappa shape index (κ2) is 8.14. The van der Waals surface area contributed by atoms with E-state index in [0.717, 1.165) is 18.4 Å². The van der Waals surface area contributed by atoms with Crippen molar-refractivity contribution >= 4 is 17.7 Å². The van der Waals surface area contributed by atoms with Crippen LogP contribution in [-0.2, 0) is 28.6 Å². The molecule has 216 valence electrons. The maximum absolute atomic E-state index is 13.5. The molecule has 2 aliphatic heterocycles. The van der Waals surface area contributed by atoms with Crippen molar-refractivity contribution in [3.05, 3.63) is 11.1 Å². The molecule has 1 saturated heterocycles. The van der Waals surface area contributed by atoms with Gasteiger partial charge >= 0.3 is 11.9 Å². The largest absolute Gasteiger partial charge is 0.465 e. The minimum Gasteiger partial charge on any atom is -0.465 e. The molecule has 4 saturated carbocycles. The lowest BCUT2D eigenvalue weighted by Gasteiger charge is -2.64. The van der Waals surface area contributed by atoms with E-state index in [9.17, 15) is 29.7 Å². The van der Waals surface area contributed by atoms with Crippen molar-refractivity contribution in [3.63, 3.8) is 0 Å². The molecule has 3 N–H and O–H groups in total. The molecule has 4 aliphatic carbocycles. The normalized spacial score (nSPS) is 50.2. The summed E-state index contributed by atoms with van der Waals surface area (Å²) in [5, 5.41) is 37.6. The number of hydrogen-bond acceptors (Lipinski definition) is 9. The third-order valence-electron chi connectivity index (χ3n) is 12.6. The van der Waals surface area contributed by atoms with Crippen molar-refractivity contribution in [1.82, 2.24) is 0 Å². The van der Waals surface area contributed by atoms with Crippen LogP contribution in [0.1, 0.15) is 92.4 Å². The van der Waals surface area contributed by atoms with E-state index in [4.69, 9.17) is 14.2 Å². The number of rotatable bonds is 4. The number of ether oxygens (including phenoxy) is 3. The molecule has 0 aromatic heterocycles. The van der Waals surface area contributed by atoms with Crippen LogP contribution >= 0.6 is 0 Å². The van der Waals surface area contributed by atoms with Crippen LogP contribution in [0.4, 0.5) is 0 Å². The zero-order valence-electron chi connectivity index (χ0n) is 23.7. The molecular formula is C30H42O9. The Morgan fingerprint density at radius 1 is 1.13 bits per heavy atom. The van der Waals surface area contributed by atoms with E-state index >= 15 is 0 Å². The monoisotopic (exact) mass is 546 g/mol. The summed E-state index contributed by atoms with van der Waals surface area (Å²) >= 11 is 0. The van der Waals surface area contributed by atoms with Crippen molar-refractivity contribution in [2.75, 3.05) is 6.61 Å². The fourth-order valence-corrected chi connectivity index (χ4v) is 10.0. The second-order valence-electron chi connectivity index (χ2n) is 13.8. The summed E-state index contributed by atoms with van der Waals surface area (Å²) in [6, 6.07) is 0. The van der Waals surface area contributed by atoms with Crippen LogP contribution in [0.25, 0.3) is 0 Å². The topological polar surface area (TPSA) is 143 Å². The first kappa shape index (κ1) is 27.4. The van der Waals surface area contributed by atoms with Gasteiger partial charge in [-0.05, 0) is 84.5 Å². The first-order valence-corrected chi connectivity index (χ1v) is 14.5. The number of Topliss-reactive ketones (excluding diaryl/α,β-unsaturated/α-hetero) is 1. The van der Waals surface area contributed by atoms with Crippen LogP contribution in [0.5, 0.6) is 0 Å². The Hall–Kier alpha value is -1.81. The fraction of sp³-hybridized carbons (Fsp3) is 0.833. The maximum Gasteiger partial charge on any atom is 0.334 e. The Morgan fingerprint density at radius 2 is 1.85 bits per heavy atom. The summed E-state index contributed by atoms with van der Waals surface area (Å²) in [6.45, 7) is 7.94. The minimum atomic E-state index is -1.96. The van der Waals surface area contributed by atoms with E-state index in [1.165, 1.54) is 13.8 Å². The molecule has 1 spiro atoms. The van der Waals surface area contributed by atoms with Crippen molar-refractivity contribution in [2.24, 2.45) is 22.7 Å². The van der Waals surface area contributed by atoms with E-state index in [2.05, 4.69) is 0 Å². The van der Waals surface area contributed by atoms with Crippen molar-refractivity contribution < 1.29 is 43.9 Å². The molecule has 0 amide bonds. The lowest BCUT2D eigenvalue weighted by atomic mass is 9.41. The molecule has 2 unspecified atom stereocenters. The highest BCUT2D eigenvalue weighted by Gasteiger charge is 2.84. The molecule has 5 fully saturated rings. The quantitative estimate of drug-likeness (QED) is 0.358. The molecule has 0 aromatic rings. The van der Waals surface area contributed by atoms with Gasteiger partial charge in [0, 0.05) is 25.3 Å². The number of hydrogen-bond donors (Lipinski definition) is 3. The third-order valence-corrected chi connectivity index (χ3v) is 12.6. The molecular weight excluding hydrogens is 504 g/mol. The Balaban J connectivity index is 1.44. The molecule has 9 nitrogen and oxygen atoms in total. The van der Waals surface area contributed by atoms with Gasteiger partial charge in [-0.25, -0.2) is 4.79 Å². The molecule has 0 bridgehead atoms. The molecule has 0 radical (unpaired) electrons. The van der Waals surface area contributed by atoms with Gasteiger partial charge in [0.25, 0.3) is 0 Å². The van der Waals surface area contributed by atoms with Gasteiger partial charge in [-0.3, -0.25) is 9.59 Å². The van der Waals surface area contributed by atoms with Gasteiger partial charge in [0.1, 0.15) is 35.3 Å². The van der Waals surface area contributed by atoms with Crippen LogP contribution in [0.2, 0.25) is 0 Å². The Bertz CT molecular complexity index is 1170. The van der Waals surface area contributed by atoms with E-state index < -0.39 is 57.2 Å². The van der Waals surface area contributed by atoms with Gasteiger partial charge in [-0.15, -0.1) is 0 Å². The summed E-state index contributed by atoms with van der Waals surface area (Å²) in [7, 11) is 0. The summed E-state index contributed by atoms with van der Waals surface area (Å²) < 4.78 is 17.6. The lowest BCUT2D eigenvalue weighted by molar-refractivity contribution is -0.297. The Kier molecular flexibility index (Phi) is 5.71. The Morgan fingerprint density at radius 3 is 2.51 bits per heavy atom. The van der Waals surface area contributed by atoms with Crippen molar-refractivity contribution in [3.8, 4) is 0 Å². The first-order chi connectivity index (χ1) is 18.1. The van der Waals surface area contributed by atoms with Crippen LogP contribution in [0.15, 0.2) is 11.1 Å². The number of cyclic esters (lactones) is 1. The highest BCUT2D eigenvalue weighted by molar-refractivity contribution is 5.90. The van der Waals surface area contributed by atoms with Crippen LogP contribution in [0.3, 0.4) is 0 Å². The third kappa shape index (κ3) is 3.08. The highest BCUT2D eigenvalue weighted by Crippen LogP contribution is 2.75. The number of carbonyl (C=O) groups excluding carboxylic acids is 3. The zero-order chi connectivity index (χ0) is 28.4. The fourth-order valence-electron chi connectivity index (χ4n) is 10.0. The number of carbonyl (C=O) groups is 3. The van der Waals surface area contributed by atoms with Crippen molar-refractivity contribution in [1.29, 1.82) is 0 Å². The van der Waals surface area contributed by atoms with Crippen LogP contribution < -0.4 is 0 Å². The molecule has 9 heteroatoms. The number of aliphatic hydroxyl groups is 3. The van der Waals surface area contributed by atoms with E-state index in [1.54, 1.807) is 13.8 Å². The molecule has 6 aliphatic rings. The number of fused-ring (bicyclic) bond motifs is 4. The van der Waals surface area contributed by atoms with Crippen molar-refractivity contribution in [2.45, 2.75) is 127 Å². The van der Waals surface area contributed by atoms with Crippen LogP contribution in [-0.4, -0.2) is 74.3 Å². The number of esters is 2. The first-order valence-electron chi connectivity index (χ1n) is 14.5. The number of ketones is 1. The molecule has 6 rings (SSSR count). The van der Waals surface area contributed by atoms with Gasteiger partial charge in [0.15, 0.2) is 0 Å². The molecule has 2 heterocycles. The van der Waals surface area contributed by atoms with Gasteiger partial charge in [0.2, 0.25) is 0 Å². The highest BCUT2D eigenvalue weighted by atomic mass is 16.6. The molecule has 10 atom stereocenters. The molecule has 0 aromatic carbocycles. The lowest BCUT2D eigenvalue weighted by Crippen LogP contribution is -2.75. The second-order valence-corrected chi connectivity index (χ2v) is 13.8. The average molecular weight is 547 g/mol. The summed E-state index contributed by atoms with van der Waals surface area (Å²) in [5.41, 5.74) is -6.84. The zero-order valence-corrected chi connectivity index (χ0v) is 23.7. The van der Waals surface area contributed by atoms with E-state index in [0.29, 0.717) is 24.8 Å². The predicted molar refractivity (Wildman–Crippen MR) is 137 cm³/mol. The van der Waals surface area contributed by atoms with Gasteiger partial charge in [-0.2, -0.15) is 0 Å². The van der Waals surface area contributed by atoms with E-state index in [-0.39, 0.29) is 50.1 Å². The Labute approximate surface area is 229 Å². The maximum atomic E-state index is 13.5. The van der Waals surface area contributed by atoms with Gasteiger partial charge in [0.05, 0.1) is 22.5 Å². The minimum absolute atomic E-state index is 0.0259. The van der Waals surface area contributed by atoms with Gasteiger partial charge in [-0.1, -0.05) is 5.57 Å². The number of epoxide rings is 1. The van der Waals surface area contributed by atoms with Gasteiger partial charge < -0.3 is 29.5 Å². The predicted octanol–water partition coefficient (Wildman–Crippen LogP) is 2.52.